The van der Waals surface area contributed by atoms with Crippen LogP contribution in [0, 0.1) is 0 Å². The van der Waals surface area contributed by atoms with Crippen LogP contribution in [0.25, 0.3) is 0 Å². The smallest absolute Gasteiger partial charge is 0.102 e. The molecule has 0 atom stereocenters. The maximum Gasteiger partial charge on any atom is 0.102 e. The second-order valence-corrected chi connectivity index (χ2v) is 4.11. The molecule has 0 radical (unpaired) electrons. The third kappa shape index (κ3) is 11.7. The third-order valence-electron chi connectivity index (χ3n) is 2.15. The zero-order chi connectivity index (χ0) is 11.6. The minimum Gasteiger partial charge on any atom is -1.00 e. The topological polar surface area (TPSA) is 18.5 Å². The van der Waals surface area contributed by atoms with Crippen LogP contribution in [0.15, 0.2) is 25.3 Å². The van der Waals surface area contributed by atoms with Crippen LogP contribution in [-0.4, -0.2) is 58.1 Å². The van der Waals surface area contributed by atoms with Gasteiger partial charge >= 0.3 is 0 Å². The molecule has 0 rings (SSSR count). The number of halogens is 1. The van der Waals surface area contributed by atoms with Crippen LogP contribution in [0.3, 0.4) is 0 Å². The van der Waals surface area contributed by atoms with Crippen molar-refractivity contribution in [2.24, 2.45) is 0 Å². The summed E-state index contributed by atoms with van der Waals surface area (Å²) >= 11 is 0. The first-order chi connectivity index (χ1) is 7.12. The highest BCUT2D eigenvalue weighted by atomic mass is 35.5. The minimum absolute atomic E-state index is 0. The van der Waals surface area contributed by atoms with Gasteiger partial charge in [-0.15, -0.1) is 13.2 Å². The van der Waals surface area contributed by atoms with E-state index in [1.165, 1.54) is 0 Å². The Morgan fingerprint density at radius 3 is 1.62 bits per heavy atom. The van der Waals surface area contributed by atoms with Gasteiger partial charge in [-0.3, -0.25) is 0 Å². The standard InChI is InChI=1S/C12H24NO2.ClH/c1-5-9-14-11-7-13(3,4)8-12-15-10-6-2;/h5-6H,1-2,7-12H2,3-4H3;1H/q+1;/p-1. The van der Waals surface area contributed by atoms with Crippen molar-refractivity contribution in [2.75, 3.05) is 53.6 Å². The summed E-state index contributed by atoms with van der Waals surface area (Å²) in [6.45, 7) is 12.0. The van der Waals surface area contributed by atoms with Gasteiger partial charge in [-0.1, -0.05) is 12.2 Å². The molecule has 0 bridgehead atoms. The number of hydrogen-bond acceptors (Lipinski definition) is 2. The molecule has 0 aromatic carbocycles. The fourth-order valence-corrected chi connectivity index (χ4v) is 1.07. The predicted molar refractivity (Wildman–Crippen MR) is 63.9 cm³/mol. The first kappa shape index (κ1) is 18.0. The Bertz CT molecular complexity index is 166. The summed E-state index contributed by atoms with van der Waals surface area (Å²) in [5, 5.41) is 0. The van der Waals surface area contributed by atoms with E-state index in [9.17, 15) is 0 Å². The summed E-state index contributed by atoms with van der Waals surface area (Å²) in [5.41, 5.74) is 0. The molecule has 0 aliphatic carbocycles. The molecule has 0 amide bonds. The molecule has 0 N–H and O–H groups in total. The predicted octanol–water partition coefficient (Wildman–Crippen LogP) is -1.53. The van der Waals surface area contributed by atoms with E-state index in [2.05, 4.69) is 27.3 Å². The second kappa shape index (κ2) is 11.1. The average Bonchev–Trinajstić information content (AvgIpc) is 2.20. The van der Waals surface area contributed by atoms with Crippen molar-refractivity contribution in [3.63, 3.8) is 0 Å². The van der Waals surface area contributed by atoms with Crippen molar-refractivity contribution in [1.82, 2.24) is 0 Å². The highest BCUT2D eigenvalue weighted by Crippen LogP contribution is 1.96. The summed E-state index contributed by atoms with van der Waals surface area (Å²) in [5.74, 6) is 0. The van der Waals surface area contributed by atoms with Gasteiger partial charge in [-0.2, -0.15) is 0 Å². The van der Waals surface area contributed by atoms with Gasteiger partial charge in [0.15, 0.2) is 0 Å². The molecule has 0 fully saturated rings. The van der Waals surface area contributed by atoms with Gasteiger partial charge < -0.3 is 26.4 Å². The molecule has 0 unspecified atom stereocenters. The van der Waals surface area contributed by atoms with E-state index in [1.54, 1.807) is 12.2 Å². The Hall–Kier alpha value is -0.350. The van der Waals surface area contributed by atoms with Gasteiger partial charge in [0.1, 0.15) is 13.1 Å². The molecule has 0 heterocycles. The van der Waals surface area contributed by atoms with Crippen LogP contribution in [0.4, 0.5) is 0 Å². The zero-order valence-electron chi connectivity index (χ0n) is 10.5. The molecule has 96 valence electrons. The Balaban J connectivity index is 0. The SMILES string of the molecule is C=CCOCC[N+](C)(C)CCOCC=C.[Cl-]. The van der Waals surface area contributed by atoms with Gasteiger partial charge in [0.05, 0.1) is 40.5 Å². The number of nitrogens with zero attached hydrogens (tertiary/aromatic N) is 1. The van der Waals surface area contributed by atoms with Crippen LogP contribution in [0.2, 0.25) is 0 Å². The van der Waals surface area contributed by atoms with Crippen LogP contribution in [0.5, 0.6) is 0 Å². The van der Waals surface area contributed by atoms with Crippen molar-refractivity contribution >= 4 is 0 Å². The first-order valence-corrected chi connectivity index (χ1v) is 5.31. The van der Waals surface area contributed by atoms with Gasteiger partial charge in [-0.05, 0) is 0 Å². The molecule has 4 heteroatoms. The Labute approximate surface area is 106 Å². The van der Waals surface area contributed by atoms with Crippen molar-refractivity contribution in [3.05, 3.63) is 25.3 Å². The lowest BCUT2D eigenvalue weighted by Gasteiger charge is -2.29. The fraction of sp³-hybridized carbons (Fsp3) is 0.667. The van der Waals surface area contributed by atoms with Crippen LogP contribution in [0.1, 0.15) is 0 Å². The molecule has 0 saturated carbocycles. The zero-order valence-corrected chi connectivity index (χ0v) is 11.2. The van der Waals surface area contributed by atoms with E-state index in [4.69, 9.17) is 9.47 Å². The largest absolute Gasteiger partial charge is 1.00 e. The molecule has 16 heavy (non-hydrogen) atoms. The Morgan fingerprint density at radius 2 is 1.31 bits per heavy atom. The molecule has 0 aromatic heterocycles. The number of ether oxygens (including phenoxy) is 2. The van der Waals surface area contributed by atoms with Gasteiger partial charge in [0.25, 0.3) is 0 Å². The summed E-state index contributed by atoms with van der Waals surface area (Å²) in [7, 11) is 4.35. The molecule has 0 saturated heterocycles. The lowest BCUT2D eigenvalue weighted by Crippen LogP contribution is -3.00. The number of rotatable bonds is 10. The quantitative estimate of drug-likeness (QED) is 0.266. The van der Waals surface area contributed by atoms with Gasteiger partial charge in [0.2, 0.25) is 0 Å². The van der Waals surface area contributed by atoms with E-state index in [0.29, 0.717) is 13.2 Å². The van der Waals surface area contributed by atoms with Gasteiger partial charge in [0, 0.05) is 0 Å². The van der Waals surface area contributed by atoms with E-state index in [1.807, 2.05) is 0 Å². The van der Waals surface area contributed by atoms with E-state index in [0.717, 1.165) is 30.8 Å². The summed E-state index contributed by atoms with van der Waals surface area (Å²) < 4.78 is 11.6. The van der Waals surface area contributed by atoms with Crippen molar-refractivity contribution in [3.8, 4) is 0 Å². The Kier molecular flexibility index (Phi) is 12.6. The minimum atomic E-state index is 0. The van der Waals surface area contributed by atoms with Crippen LogP contribution < -0.4 is 12.4 Å². The second-order valence-electron chi connectivity index (χ2n) is 4.11. The highest BCUT2D eigenvalue weighted by Gasteiger charge is 2.13. The fourth-order valence-electron chi connectivity index (χ4n) is 1.07. The summed E-state index contributed by atoms with van der Waals surface area (Å²) in [6.07, 6.45) is 3.54. The maximum absolute atomic E-state index is 5.36. The molecule has 3 nitrogen and oxygen atoms in total. The third-order valence-corrected chi connectivity index (χ3v) is 2.15. The lowest BCUT2D eigenvalue weighted by atomic mass is 10.4. The van der Waals surface area contributed by atoms with Crippen molar-refractivity contribution in [2.45, 2.75) is 0 Å². The molecule has 0 aromatic rings. The molecular formula is C12H24ClNO2. The monoisotopic (exact) mass is 249 g/mol. The first-order valence-electron chi connectivity index (χ1n) is 5.31. The van der Waals surface area contributed by atoms with E-state index < -0.39 is 0 Å². The summed E-state index contributed by atoms with van der Waals surface area (Å²) in [4.78, 5) is 0. The van der Waals surface area contributed by atoms with Gasteiger partial charge in [-0.25, -0.2) is 0 Å². The van der Waals surface area contributed by atoms with Crippen molar-refractivity contribution < 1.29 is 26.4 Å². The number of quaternary nitrogens is 1. The van der Waals surface area contributed by atoms with Crippen LogP contribution in [-0.2, 0) is 9.47 Å². The number of likely N-dealkylation sites (N-methyl/N-ethyl adjacent to an activating group) is 1. The van der Waals surface area contributed by atoms with Crippen molar-refractivity contribution in [1.29, 1.82) is 0 Å². The lowest BCUT2D eigenvalue weighted by molar-refractivity contribution is -0.891. The molecular weight excluding hydrogens is 226 g/mol. The molecule has 0 spiro atoms. The normalized spacial score (nSPS) is 10.6. The highest BCUT2D eigenvalue weighted by molar-refractivity contribution is 4.64. The molecule has 0 aliphatic heterocycles. The average molecular weight is 250 g/mol. The summed E-state index contributed by atoms with van der Waals surface area (Å²) in [6, 6.07) is 0. The Morgan fingerprint density at radius 1 is 0.938 bits per heavy atom. The molecule has 0 aliphatic rings. The van der Waals surface area contributed by atoms with Crippen LogP contribution >= 0.6 is 0 Å². The maximum atomic E-state index is 5.36. The van der Waals surface area contributed by atoms with E-state index in [-0.39, 0.29) is 12.4 Å². The van der Waals surface area contributed by atoms with E-state index >= 15 is 0 Å². The number of hydrogen-bond donors (Lipinski definition) is 0.